The SMILES string of the molecule is CC1C(n2c3cc(-n4c5ccccc5c5c6ccccc6ccc54)ccc3c3c4ccccc4ccc32)=Nc2ccccc2C1c1cccc2c1sc1ccccc12. The molecule has 0 radical (unpaired) electrons. The zero-order chi connectivity index (χ0) is 38.1. The lowest BCUT2D eigenvalue weighted by atomic mass is 9.78. The van der Waals surface area contributed by atoms with Gasteiger partial charge >= 0.3 is 0 Å². The van der Waals surface area contributed by atoms with Gasteiger partial charge in [0, 0.05) is 59.2 Å². The van der Waals surface area contributed by atoms with Gasteiger partial charge in [0.1, 0.15) is 5.84 Å². The number of benzene rings is 9. The lowest BCUT2D eigenvalue weighted by Gasteiger charge is -2.32. The molecule has 12 aromatic rings. The van der Waals surface area contributed by atoms with Gasteiger partial charge in [0.25, 0.3) is 0 Å². The Morgan fingerprint density at radius 3 is 1.84 bits per heavy atom. The first-order valence-electron chi connectivity index (χ1n) is 20.2. The van der Waals surface area contributed by atoms with Gasteiger partial charge in [-0.1, -0.05) is 146 Å². The molecule has 58 heavy (non-hydrogen) atoms. The molecule has 0 bridgehead atoms. The van der Waals surface area contributed by atoms with Crippen LogP contribution in [0.2, 0.25) is 0 Å². The maximum Gasteiger partial charge on any atom is 0.118 e. The van der Waals surface area contributed by atoms with Crippen LogP contribution in [-0.2, 0) is 0 Å². The van der Waals surface area contributed by atoms with Crippen molar-refractivity contribution in [3.05, 3.63) is 193 Å². The maximum absolute atomic E-state index is 5.65. The van der Waals surface area contributed by atoms with Crippen LogP contribution in [0.15, 0.2) is 187 Å². The van der Waals surface area contributed by atoms with Gasteiger partial charge in [-0.15, -0.1) is 11.3 Å². The summed E-state index contributed by atoms with van der Waals surface area (Å²) >= 11 is 1.92. The summed E-state index contributed by atoms with van der Waals surface area (Å²) in [7, 11) is 0. The van der Waals surface area contributed by atoms with Crippen molar-refractivity contribution in [3.63, 3.8) is 0 Å². The summed E-state index contributed by atoms with van der Waals surface area (Å²) in [5.74, 6) is 1.25. The van der Waals surface area contributed by atoms with Gasteiger partial charge in [-0.3, -0.25) is 4.57 Å². The lowest BCUT2D eigenvalue weighted by Crippen LogP contribution is -2.29. The first-order valence-corrected chi connectivity index (χ1v) is 21.0. The Morgan fingerprint density at radius 1 is 0.448 bits per heavy atom. The van der Waals surface area contributed by atoms with E-state index in [-0.39, 0.29) is 11.8 Å². The van der Waals surface area contributed by atoms with Crippen molar-refractivity contribution in [3.8, 4) is 5.69 Å². The first-order chi connectivity index (χ1) is 28.7. The van der Waals surface area contributed by atoms with Crippen LogP contribution in [0, 0.1) is 5.92 Å². The highest BCUT2D eigenvalue weighted by atomic mass is 32.1. The zero-order valence-electron chi connectivity index (χ0n) is 31.7. The van der Waals surface area contributed by atoms with Crippen molar-refractivity contribution in [2.24, 2.45) is 10.9 Å². The number of rotatable bonds is 2. The molecular weight excluding hydrogens is 723 g/mol. The molecule has 3 aromatic heterocycles. The van der Waals surface area contributed by atoms with Crippen LogP contribution in [0.1, 0.15) is 24.0 Å². The second-order valence-corrected chi connectivity index (χ2v) is 16.9. The van der Waals surface area contributed by atoms with E-state index in [0.29, 0.717) is 0 Å². The van der Waals surface area contributed by atoms with E-state index < -0.39 is 0 Å². The van der Waals surface area contributed by atoms with Crippen LogP contribution < -0.4 is 0 Å². The summed E-state index contributed by atoms with van der Waals surface area (Å²) in [4.78, 5) is 5.65. The third-order valence-electron chi connectivity index (χ3n) is 12.9. The Bertz CT molecular complexity index is 3730. The van der Waals surface area contributed by atoms with Gasteiger partial charge in [0.15, 0.2) is 0 Å². The van der Waals surface area contributed by atoms with Crippen molar-refractivity contribution < 1.29 is 0 Å². The Balaban J connectivity index is 1.11. The van der Waals surface area contributed by atoms with E-state index in [2.05, 4.69) is 198 Å². The molecule has 2 unspecified atom stereocenters. The van der Waals surface area contributed by atoms with Crippen molar-refractivity contribution in [2.45, 2.75) is 12.8 Å². The molecule has 1 aliphatic rings. The van der Waals surface area contributed by atoms with E-state index in [1.807, 2.05) is 11.3 Å². The third kappa shape index (κ3) is 4.35. The Labute approximate surface area is 338 Å². The second kappa shape index (κ2) is 12.0. The summed E-state index contributed by atoms with van der Waals surface area (Å²) in [6.45, 7) is 2.40. The van der Waals surface area contributed by atoms with Crippen molar-refractivity contribution in [1.82, 2.24) is 9.13 Å². The minimum absolute atomic E-state index is 0.0687. The summed E-state index contributed by atoms with van der Waals surface area (Å²) in [5.41, 5.74) is 9.60. The summed E-state index contributed by atoms with van der Waals surface area (Å²) < 4.78 is 7.66. The highest BCUT2D eigenvalue weighted by molar-refractivity contribution is 7.26. The van der Waals surface area contributed by atoms with Crippen molar-refractivity contribution in [2.75, 3.05) is 0 Å². The second-order valence-electron chi connectivity index (χ2n) is 15.9. The molecule has 13 rings (SSSR count). The predicted octanol–water partition coefficient (Wildman–Crippen LogP) is 14.9. The number of hydrogen-bond acceptors (Lipinski definition) is 2. The fourth-order valence-electron chi connectivity index (χ4n) is 10.4. The topological polar surface area (TPSA) is 22.2 Å². The molecule has 272 valence electrons. The average Bonchev–Trinajstić information content (AvgIpc) is 3.94. The number of aliphatic imine (C=N–C) groups is 1. The number of thiophene rings is 1. The van der Waals surface area contributed by atoms with Gasteiger partial charge in [0.05, 0.1) is 27.8 Å². The van der Waals surface area contributed by atoms with Gasteiger partial charge in [-0.25, -0.2) is 4.99 Å². The molecule has 4 heteroatoms. The van der Waals surface area contributed by atoms with Crippen LogP contribution in [0.4, 0.5) is 5.69 Å². The molecule has 4 heterocycles. The Hall–Kier alpha value is -7.01. The molecule has 0 fully saturated rings. The van der Waals surface area contributed by atoms with E-state index in [4.69, 9.17) is 4.99 Å². The molecule has 0 N–H and O–H groups in total. The largest absolute Gasteiger partial charge is 0.309 e. The van der Waals surface area contributed by atoms with E-state index in [0.717, 1.165) is 17.2 Å². The van der Waals surface area contributed by atoms with Gasteiger partial charge in [0.2, 0.25) is 0 Å². The quantitative estimate of drug-likeness (QED) is 0.168. The molecule has 9 aromatic carbocycles. The van der Waals surface area contributed by atoms with Gasteiger partial charge < -0.3 is 4.57 Å². The van der Waals surface area contributed by atoms with E-state index in [1.165, 1.54) is 96.5 Å². The molecule has 0 saturated heterocycles. The number of fused-ring (bicyclic) bond motifs is 14. The number of para-hydroxylation sites is 2. The highest BCUT2D eigenvalue weighted by Crippen LogP contribution is 2.49. The van der Waals surface area contributed by atoms with Crippen molar-refractivity contribution >= 4 is 108 Å². The minimum Gasteiger partial charge on any atom is -0.309 e. The van der Waals surface area contributed by atoms with Gasteiger partial charge in [-0.2, -0.15) is 0 Å². The molecule has 0 saturated carbocycles. The normalized spacial score (nSPS) is 15.8. The minimum atomic E-state index is 0.0687. The Kier molecular flexibility index (Phi) is 6.64. The van der Waals surface area contributed by atoms with Crippen LogP contribution in [0.3, 0.4) is 0 Å². The first kappa shape index (κ1) is 32.1. The monoisotopic (exact) mass is 757 g/mol. The molecule has 1 aliphatic heterocycles. The zero-order valence-corrected chi connectivity index (χ0v) is 32.5. The van der Waals surface area contributed by atoms with Crippen LogP contribution in [0.25, 0.3) is 91.0 Å². The maximum atomic E-state index is 5.65. The third-order valence-corrected chi connectivity index (χ3v) is 14.1. The highest BCUT2D eigenvalue weighted by Gasteiger charge is 2.35. The predicted molar refractivity (Wildman–Crippen MR) is 248 cm³/mol. The van der Waals surface area contributed by atoms with Crippen LogP contribution in [-0.4, -0.2) is 15.0 Å². The summed E-state index contributed by atoms with van der Waals surface area (Å²) in [5, 5.41) is 12.8. The number of aromatic nitrogens is 2. The van der Waals surface area contributed by atoms with Crippen molar-refractivity contribution in [1.29, 1.82) is 0 Å². The smallest absolute Gasteiger partial charge is 0.118 e. The van der Waals surface area contributed by atoms with Crippen LogP contribution >= 0.6 is 11.3 Å². The molecule has 0 spiro atoms. The Morgan fingerprint density at radius 2 is 1.05 bits per heavy atom. The summed E-state index contributed by atoms with van der Waals surface area (Å²) in [6, 6.07) is 67.3. The fraction of sp³-hybridized carbons (Fsp3) is 0.0556. The van der Waals surface area contributed by atoms with Crippen LogP contribution in [0.5, 0.6) is 0 Å². The molecule has 3 nitrogen and oxygen atoms in total. The molecular formula is C54H35N3S. The van der Waals surface area contributed by atoms with E-state index >= 15 is 0 Å². The van der Waals surface area contributed by atoms with Gasteiger partial charge in [-0.05, 0) is 75.1 Å². The standard InChI is InChI=1S/C54H35N3S/c1-32-50(43-21-12-20-39-38-17-8-11-24-49(38)58-53(39)43)40-18-6-9-22-44(40)55-54(32)57-47-30-26-34-14-3-5-16-37(34)52(47)42-28-27-35(31-48(42)57)56-45-23-10-7-19-41(45)51-36-15-4-2-13-33(36)25-29-46(51)56/h2-32,50H,1H3. The van der Waals surface area contributed by atoms with E-state index in [9.17, 15) is 0 Å². The molecule has 0 amide bonds. The summed E-state index contributed by atoms with van der Waals surface area (Å²) in [6.07, 6.45) is 0. The molecule has 2 atom stereocenters. The number of nitrogens with zero attached hydrogens (tertiary/aromatic N) is 3. The number of hydrogen-bond donors (Lipinski definition) is 0. The molecule has 0 aliphatic carbocycles. The fourth-order valence-corrected chi connectivity index (χ4v) is 11.6. The van der Waals surface area contributed by atoms with E-state index in [1.54, 1.807) is 0 Å². The lowest BCUT2D eigenvalue weighted by molar-refractivity contribution is 0.639. The average molecular weight is 758 g/mol.